The lowest BCUT2D eigenvalue weighted by atomic mass is 9.74. The fourth-order valence-electron chi connectivity index (χ4n) is 4.04. The standard InChI is InChI=1S/C27H38FN3O2/c1-18-13-22(26(33)29-5)24(28)15-20(18)14-21(31(6)7)17-30-25(32)16-23(27(2,3)4)19-11-9-8-10-12-19/h8-13,15,21,23H,14,16-17H2,1-7H3,(H,29,33)(H,30,32)/t21-,23-/m0/s1. The summed E-state index contributed by atoms with van der Waals surface area (Å²) in [6.07, 6.45) is 0.966. The second-order valence-electron chi connectivity index (χ2n) is 10.00. The van der Waals surface area contributed by atoms with Gasteiger partial charge in [0.2, 0.25) is 5.91 Å². The van der Waals surface area contributed by atoms with Gasteiger partial charge in [0.25, 0.3) is 5.91 Å². The van der Waals surface area contributed by atoms with E-state index in [4.69, 9.17) is 0 Å². The highest BCUT2D eigenvalue weighted by atomic mass is 19.1. The normalized spacial score (nSPS) is 13.5. The average Bonchev–Trinajstić information content (AvgIpc) is 2.75. The number of hydrogen-bond acceptors (Lipinski definition) is 3. The van der Waals surface area contributed by atoms with Crippen molar-refractivity contribution in [2.24, 2.45) is 5.41 Å². The molecule has 0 aromatic heterocycles. The number of benzene rings is 2. The Hall–Kier alpha value is -2.73. The van der Waals surface area contributed by atoms with Crippen LogP contribution in [0.15, 0.2) is 42.5 Å². The van der Waals surface area contributed by atoms with Crippen LogP contribution in [0.2, 0.25) is 0 Å². The number of carbonyl (C=O) groups is 2. The molecule has 2 aromatic rings. The molecule has 0 aliphatic heterocycles. The lowest BCUT2D eigenvalue weighted by Crippen LogP contribution is -2.42. The quantitative estimate of drug-likeness (QED) is 0.593. The third-order valence-electron chi connectivity index (χ3n) is 6.25. The van der Waals surface area contributed by atoms with Gasteiger partial charge in [0, 0.05) is 26.1 Å². The van der Waals surface area contributed by atoms with Crippen molar-refractivity contribution in [3.63, 3.8) is 0 Å². The number of likely N-dealkylation sites (N-methyl/N-ethyl adjacent to an activating group) is 1. The van der Waals surface area contributed by atoms with Crippen molar-refractivity contribution in [1.29, 1.82) is 0 Å². The van der Waals surface area contributed by atoms with Crippen LogP contribution in [0.25, 0.3) is 0 Å². The Morgan fingerprint density at radius 2 is 1.73 bits per heavy atom. The van der Waals surface area contributed by atoms with E-state index >= 15 is 0 Å². The second-order valence-corrected chi connectivity index (χ2v) is 10.00. The highest BCUT2D eigenvalue weighted by Crippen LogP contribution is 2.37. The van der Waals surface area contributed by atoms with Gasteiger partial charge in [0.05, 0.1) is 5.56 Å². The van der Waals surface area contributed by atoms with Crippen molar-refractivity contribution >= 4 is 11.8 Å². The predicted molar refractivity (Wildman–Crippen MR) is 132 cm³/mol. The molecule has 33 heavy (non-hydrogen) atoms. The van der Waals surface area contributed by atoms with Gasteiger partial charge in [-0.25, -0.2) is 4.39 Å². The maximum absolute atomic E-state index is 14.5. The largest absolute Gasteiger partial charge is 0.355 e. The molecule has 6 heteroatoms. The molecule has 2 aromatic carbocycles. The summed E-state index contributed by atoms with van der Waals surface area (Å²) in [4.78, 5) is 26.8. The van der Waals surface area contributed by atoms with Crippen LogP contribution in [0.4, 0.5) is 4.39 Å². The zero-order chi connectivity index (χ0) is 24.8. The minimum absolute atomic E-state index is 0.00324. The molecule has 0 heterocycles. The van der Waals surface area contributed by atoms with E-state index in [1.807, 2.05) is 44.1 Å². The smallest absolute Gasteiger partial charge is 0.254 e. The summed E-state index contributed by atoms with van der Waals surface area (Å²) < 4.78 is 14.5. The van der Waals surface area contributed by atoms with Gasteiger partial charge in [0.1, 0.15) is 5.82 Å². The number of amides is 2. The second kappa shape index (κ2) is 11.4. The molecular weight excluding hydrogens is 417 g/mol. The predicted octanol–water partition coefficient (Wildman–Crippen LogP) is 4.30. The molecule has 0 radical (unpaired) electrons. The Balaban J connectivity index is 2.09. The van der Waals surface area contributed by atoms with Crippen LogP contribution in [0.5, 0.6) is 0 Å². The number of nitrogens with one attached hydrogen (secondary N) is 2. The Morgan fingerprint density at radius 3 is 2.27 bits per heavy atom. The fourth-order valence-corrected chi connectivity index (χ4v) is 4.04. The van der Waals surface area contributed by atoms with Gasteiger partial charge in [-0.3, -0.25) is 9.59 Å². The zero-order valence-electron chi connectivity index (χ0n) is 21.0. The van der Waals surface area contributed by atoms with Crippen LogP contribution in [-0.2, 0) is 11.2 Å². The average molecular weight is 456 g/mol. The van der Waals surface area contributed by atoms with Crippen molar-refractivity contribution in [2.75, 3.05) is 27.7 Å². The number of halogens is 1. The fraction of sp³-hybridized carbons (Fsp3) is 0.481. The van der Waals surface area contributed by atoms with E-state index in [0.717, 1.165) is 16.7 Å². The summed E-state index contributed by atoms with van der Waals surface area (Å²) in [7, 11) is 5.38. The first kappa shape index (κ1) is 26.5. The molecule has 0 unspecified atom stereocenters. The molecule has 0 saturated heterocycles. The Morgan fingerprint density at radius 1 is 1.09 bits per heavy atom. The third-order valence-corrected chi connectivity index (χ3v) is 6.25. The molecule has 180 valence electrons. The van der Waals surface area contributed by atoms with Crippen LogP contribution in [0.1, 0.15) is 60.2 Å². The molecule has 0 fully saturated rings. The van der Waals surface area contributed by atoms with E-state index in [9.17, 15) is 14.0 Å². The van der Waals surface area contributed by atoms with Gasteiger partial charge < -0.3 is 15.5 Å². The van der Waals surface area contributed by atoms with Gasteiger partial charge in [-0.05, 0) is 67.6 Å². The lowest BCUT2D eigenvalue weighted by Gasteiger charge is -2.31. The van der Waals surface area contributed by atoms with E-state index in [0.29, 0.717) is 19.4 Å². The monoisotopic (exact) mass is 455 g/mol. The Bertz CT molecular complexity index is 952. The summed E-state index contributed by atoms with van der Waals surface area (Å²) in [6.45, 7) is 8.79. The maximum atomic E-state index is 14.5. The summed E-state index contributed by atoms with van der Waals surface area (Å²) >= 11 is 0. The molecule has 0 saturated carbocycles. The molecule has 2 rings (SSSR count). The summed E-state index contributed by atoms with van der Waals surface area (Å²) in [5, 5.41) is 5.55. The molecule has 2 atom stereocenters. The molecule has 2 amide bonds. The molecular formula is C27H38FN3O2. The molecule has 0 aliphatic carbocycles. The van der Waals surface area contributed by atoms with Crippen molar-refractivity contribution in [3.8, 4) is 0 Å². The minimum atomic E-state index is -0.535. The summed E-state index contributed by atoms with van der Waals surface area (Å²) in [5.74, 6) is -0.869. The molecule has 0 aliphatic rings. The molecule has 5 nitrogen and oxygen atoms in total. The first-order valence-electron chi connectivity index (χ1n) is 11.4. The van der Waals surface area contributed by atoms with Gasteiger partial charge in [-0.1, -0.05) is 51.1 Å². The van der Waals surface area contributed by atoms with Crippen molar-refractivity contribution in [1.82, 2.24) is 15.5 Å². The van der Waals surface area contributed by atoms with Gasteiger partial charge in [-0.15, -0.1) is 0 Å². The van der Waals surface area contributed by atoms with Crippen molar-refractivity contribution in [2.45, 2.75) is 52.5 Å². The Labute approximate surface area is 197 Å². The van der Waals surface area contributed by atoms with Gasteiger partial charge in [-0.2, -0.15) is 0 Å². The number of carbonyl (C=O) groups excluding carboxylic acids is 2. The van der Waals surface area contributed by atoms with E-state index in [1.54, 1.807) is 6.07 Å². The first-order valence-corrected chi connectivity index (χ1v) is 11.4. The van der Waals surface area contributed by atoms with Crippen LogP contribution in [-0.4, -0.2) is 50.4 Å². The van der Waals surface area contributed by atoms with E-state index < -0.39 is 11.7 Å². The third kappa shape index (κ3) is 7.39. The highest BCUT2D eigenvalue weighted by Gasteiger charge is 2.28. The van der Waals surface area contributed by atoms with E-state index in [1.165, 1.54) is 13.1 Å². The molecule has 0 bridgehead atoms. The summed E-state index contributed by atoms with van der Waals surface area (Å²) in [6, 6.07) is 13.2. The van der Waals surface area contributed by atoms with Crippen LogP contribution in [0, 0.1) is 18.2 Å². The highest BCUT2D eigenvalue weighted by molar-refractivity contribution is 5.94. The number of aryl methyl sites for hydroxylation is 1. The SMILES string of the molecule is CNC(=O)c1cc(C)c(C[C@@H](CNC(=O)C[C@@H](c2ccccc2)C(C)(C)C)N(C)C)cc1F. The molecule has 0 spiro atoms. The number of hydrogen-bond donors (Lipinski definition) is 2. The zero-order valence-corrected chi connectivity index (χ0v) is 21.0. The lowest BCUT2D eigenvalue weighted by molar-refractivity contribution is -0.122. The number of nitrogens with zero attached hydrogens (tertiary/aromatic N) is 1. The van der Waals surface area contributed by atoms with Crippen molar-refractivity contribution in [3.05, 3.63) is 70.5 Å². The number of rotatable bonds is 9. The van der Waals surface area contributed by atoms with Gasteiger partial charge >= 0.3 is 0 Å². The minimum Gasteiger partial charge on any atom is -0.355 e. The van der Waals surface area contributed by atoms with Crippen molar-refractivity contribution < 1.29 is 14.0 Å². The maximum Gasteiger partial charge on any atom is 0.254 e. The molecule has 2 N–H and O–H groups in total. The Kier molecular flexibility index (Phi) is 9.17. The van der Waals surface area contributed by atoms with Crippen LogP contribution < -0.4 is 10.6 Å². The topological polar surface area (TPSA) is 61.4 Å². The van der Waals surface area contributed by atoms with E-state index in [-0.39, 0.29) is 28.8 Å². The van der Waals surface area contributed by atoms with Crippen LogP contribution >= 0.6 is 0 Å². The van der Waals surface area contributed by atoms with E-state index in [2.05, 4.69) is 43.5 Å². The van der Waals surface area contributed by atoms with Crippen LogP contribution in [0.3, 0.4) is 0 Å². The first-order chi connectivity index (χ1) is 15.4. The summed E-state index contributed by atoms with van der Waals surface area (Å²) in [5.41, 5.74) is 2.82. The van der Waals surface area contributed by atoms with Gasteiger partial charge in [0.15, 0.2) is 0 Å².